The van der Waals surface area contributed by atoms with Gasteiger partial charge in [0.15, 0.2) is 0 Å². The Hall–Kier alpha value is -1.14. The Kier molecular flexibility index (Phi) is 4.98. The number of thiazole rings is 1. The van der Waals surface area contributed by atoms with Gasteiger partial charge >= 0.3 is 6.03 Å². The van der Waals surface area contributed by atoms with Crippen molar-refractivity contribution in [3.63, 3.8) is 0 Å². The normalized spacial score (nSPS) is 26.1. The molecular weight excluding hydrogens is 298 g/mol. The number of ether oxygens (including phenoxy) is 1. The van der Waals surface area contributed by atoms with E-state index in [1.54, 1.807) is 17.5 Å². The SMILES string of the molecule is CC(C)[C@@H]1OCC[C@@H]1CNC(=O)N[C@@H](c1nccs1)C1CC1. The van der Waals surface area contributed by atoms with Gasteiger partial charge in [-0.1, -0.05) is 13.8 Å². The van der Waals surface area contributed by atoms with Crippen molar-refractivity contribution in [2.75, 3.05) is 13.2 Å². The molecule has 1 aliphatic heterocycles. The van der Waals surface area contributed by atoms with Crippen molar-refractivity contribution < 1.29 is 9.53 Å². The zero-order valence-electron chi connectivity index (χ0n) is 13.2. The summed E-state index contributed by atoms with van der Waals surface area (Å²) in [7, 11) is 0. The minimum atomic E-state index is -0.0819. The van der Waals surface area contributed by atoms with Crippen LogP contribution in [0.3, 0.4) is 0 Å². The molecular formula is C16H25N3O2S. The van der Waals surface area contributed by atoms with E-state index in [9.17, 15) is 4.79 Å². The highest BCUT2D eigenvalue weighted by atomic mass is 32.1. The van der Waals surface area contributed by atoms with Gasteiger partial charge in [0.1, 0.15) is 5.01 Å². The van der Waals surface area contributed by atoms with Gasteiger partial charge in [-0.25, -0.2) is 9.78 Å². The molecule has 2 heterocycles. The molecule has 1 aromatic rings. The zero-order valence-corrected chi connectivity index (χ0v) is 14.1. The van der Waals surface area contributed by atoms with E-state index in [1.807, 2.05) is 5.38 Å². The molecule has 1 saturated heterocycles. The lowest BCUT2D eigenvalue weighted by Crippen LogP contribution is -2.42. The number of nitrogens with one attached hydrogen (secondary N) is 2. The van der Waals surface area contributed by atoms with Gasteiger partial charge < -0.3 is 15.4 Å². The van der Waals surface area contributed by atoms with E-state index in [0.717, 1.165) is 18.0 Å². The van der Waals surface area contributed by atoms with E-state index in [-0.39, 0.29) is 18.2 Å². The van der Waals surface area contributed by atoms with Crippen molar-refractivity contribution in [3.8, 4) is 0 Å². The van der Waals surface area contributed by atoms with Crippen LogP contribution in [-0.2, 0) is 4.74 Å². The Labute approximate surface area is 135 Å². The Bertz CT molecular complexity index is 488. The number of carbonyl (C=O) groups excluding carboxylic acids is 1. The van der Waals surface area contributed by atoms with Crippen LogP contribution >= 0.6 is 11.3 Å². The van der Waals surface area contributed by atoms with E-state index in [2.05, 4.69) is 29.5 Å². The van der Waals surface area contributed by atoms with Crippen LogP contribution < -0.4 is 10.6 Å². The third-order valence-corrected chi connectivity index (χ3v) is 5.40. The summed E-state index contributed by atoms with van der Waals surface area (Å²) in [5.41, 5.74) is 0. The number of aromatic nitrogens is 1. The third-order valence-electron chi connectivity index (χ3n) is 4.54. The third kappa shape index (κ3) is 3.79. The summed E-state index contributed by atoms with van der Waals surface area (Å²) >= 11 is 1.62. The van der Waals surface area contributed by atoms with Gasteiger partial charge in [-0.15, -0.1) is 11.3 Å². The second kappa shape index (κ2) is 6.96. The molecule has 2 amide bonds. The van der Waals surface area contributed by atoms with E-state index in [4.69, 9.17) is 4.74 Å². The summed E-state index contributed by atoms with van der Waals surface area (Å²) < 4.78 is 5.77. The van der Waals surface area contributed by atoms with Crippen molar-refractivity contribution in [1.29, 1.82) is 0 Å². The quantitative estimate of drug-likeness (QED) is 0.846. The molecule has 0 bridgehead atoms. The summed E-state index contributed by atoms with van der Waals surface area (Å²) in [5.74, 6) is 1.46. The lowest BCUT2D eigenvalue weighted by Gasteiger charge is -2.23. The first-order chi connectivity index (χ1) is 10.6. The number of carbonyl (C=O) groups is 1. The molecule has 2 aliphatic rings. The van der Waals surface area contributed by atoms with Crippen molar-refractivity contribution in [2.24, 2.45) is 17.8 Å². The molecule has 122 valence electrons. The average Bonchev–Trinajstić information content (AvgIpc) is 3.01. The first-order valence-corrected chi connectivity index (χ1v) is 9.08. The standard InChI is InChI=1S/C16H25N3O2S/c1-10(2)14-12(5-7-21-14)9-18-16(20)19-13(11-3-4-11)15-17-6-8-22-15/h6,8,10-14H,3-5,7,9H2,1-2H3,(H2,18,19,20)/t12-,13-,14+/m1/s1. The highest BCUT2D eigenvalue weighted by molar-refractivity contribution is 7.09. The first kappa shape index (κ1) is 15.7. The largest absolute Gasteiger partial charge is 0.378 e. The second-order valence-electron chi connectivity index (χ2n) is 6.67. The van der Waals surface area contributed by atoms with Crippen LogP contribution in [-0.4, -0.2) is 30.3 Å². The average molecular weight is 323 g/mol. The fourth-order valence-electron chi connectivity index (χ4n) is 3.23. The predicted octanol–water partition coefficient (Wildman–Crippen LogP) is 2.95. The molecule has 5 nitrogen and oxygen atoms in total. The second-order valence-corrected chi connectivity index (χ2v) is 7.59. The Morgan fingerprint density at radius 3 is 2.91 bits per heavy atom. The van der Waals surface area contributed by atoms with Crippen LogP contribution in [0.2, 0.25) is 0 Å². The molecule has 2 N–H and O–H groups in total. The molecule has 1 aliphatic carbocycles. The fraction of sp³-hybridized carbons (Fsp3) is 0.750. The molecule has 2 fully saturated rings. The molecule has 0 radical (unpaired) electrons. The molecule has 3 rings (SSSR count). The van der Waals surface area contributed by atoms with Crippen LogP contribution in [0.25, 0.3) is 0 Å². The van der Waals surface area contributed by atoms with Crippen LogP contribution in [0.15, 0.2) is 11.6 Å². The molecule has 1 aromatic heterocycles. The van der Waals surface area contributed by atoms with Gasteiger partial charge in [-0.05, 0) is 31.1 Å². The lowest BCUT2D eigenvalue weighted by atomic mass is 9.93. The van der Waals surface area contributed by atoms with E-state index in [1.165, 1.54) is 12.8 Å². The smallest absolute Gasteiger partial charge is 0.315 e. The zero-order chi connectivity index (χ0) is 15.5. The van der Waals surface area contributed by atoms with Crippen molar-refractivity contribution in [3.05, 3.63) is 16.6 Å². The number of hydrogen-bond donors (Lipinski definition) is 2. The van der Waals surface area contributed by atoms with Crippen LogP contribution in [0, 0.1) is 17.8 Å². The van der Waals surface area contributed by atoms with Crippen LogP contribution in [0.1, 0.15) is 44.2 Å². The van der Waals surface area contributed by atoms with E-state index in [0.29, 0.717) is 24.3 Å². The highest BCUT2D eigenvalue weighted by Gasteiger charge is 2.35. The summed E-state index contributed by atoms with van der Waals surface area (Å²) in [5, 5.41) is 9.12. The monoisotopic (exact) mass is 323 g/mol. The number of nitrogens with zero attached hydrogens (tertiary/aromatic N) is 1. The van der Waals surface area contributed by atoms with Crippen molar-refractivity contribution in [2.45, 2.75) is 45.3 Å². The Morgan fingerprint density at radius 2 is 2.27 bits per heavy atom. The van der Waals surface area contributed by atoms with Gasteiger partial charge in [-0.3, -0.25) is 0 Å². The number of urea groups is 1. The maximum atomic E-state index is 12.2. The van der Waals surface area contributed by atoms with Crippen LogP contribution in [0.4, 0.5) is 4.79 Å². The van der Waals surface area contributed by atoms with Gasteiger partial charge in [0.2, 0.25) is 0 Å². The maximum absolute atomic E-state index is 12.2. The van der Waals surface area contributed by atoms with Crippen molar-refractivity contribution >= 4 is 17.4 Å². The molecule has 3 atom stereocenters. The summed E-state index contributed by atoms with van der Waals surface area (Å²) in [4.78, 5) is 16.6. The van der Waals surface area contributed by atoms with Gasteiger partial charge in [0.05, 0.1) is 12.1 Å². The number of amides is 2. The maximum Gasteiger partial charge on any atom is 0.315 e. The topological polar surface area (TPSA) is 63.2 Å². The summed E-state index contributed by atoms with van der Waals surface area (Å²) in [6.07, 6.45) is 5.45. The minimum absolute atomic E-state index is 0.0701. The van der Waals surface area contributed by atoms with Gasteiger partial charge in [-0.2, -0.15) is 0 Å². The minimum Gasteiger partial charge on any atom is -0.378 e. The summed E-state index contributed by atoms with van der Waals surface area (Å²) in [6, 6.07) is -0.0118. The molecule has 0 unspecified atom stereocenters. The van der Waals surface area contributed by atoms with Crippen LogP contribution in [0.5, 0.6) is 0 Å². The first-order valence-electron chi connectivity index (χ1n) is 8.20. The highest BCUT2D eigenvalue weighted by Crippen LogP contribution is 2.41. The molecule has 1 saturated carbocycles. The van der Waals surface area contributed by atoms with Crippen molar-refractivity contribution in [1.82, 2.24) is 15.6 Å². The van der Waals surface area contributed by atoms with Gasteiger partial charge in [0.25, 0.3) is 0 Å². The molecule has 22 heavy (non-hydrogen) atoms. The Morgan fingerprint density at radius 1 is 1.45 bits per heavy atom. The van der Waals surface area contributed by atoms with E-state index >= 15 is 0 Å². The molecule has 0 aromatic carbocycles. The molecule has 0 spiro atoms. The predicted molar refractivity (Wildman–Crippen MR) is 86.8 cm³/mol. The Balaban J connectivity index is 1.49. The van der Waals surface area contributed by atoms with Gasteiger partial charge in [0, 0.05) is 30.6 Å². The van der Waals surface area contributed by atoms with E-state index < -0.39 is 0 Å². The fourth-order valence-corrected chi connectivity index (χ4v) is 4.01. The molecule has 6 heteroatoms. The number of rotatable bonds is 6. The lowest BCUT2D eigenvalue weighted by molar-refractivity contribution is 0.0545. The number of hydrogen-bond acceptors (Lipinski definition) is 4. The summed E-state index contributed by atoms with van der Waals surface area (Å²) in [6.45, 7) is 5.84.